The molecule has 1 atom stereocenters. The minimum Gasteiger partial charge on any atom is -0.383 e. The molecule has 0 fully saturated rings. The van der Waals surface area contributed by atoms with E-state index >= 15 is 0 Å². The average Bonchev–Trinajstić information content (AvgIpc) is 3.27. The number of hydrogen-bond donors (Lipinski definition) is 2. The number of hydrogen-bond acceptors (Lipinski definition) is 5. The molecule has 35 heavy (non-hydrogen) atoms. The summed E-state index contributed by atoms with van der Waals surface area (Å²) in [6.07, 6.45) is -0.521. The topological polar surface area (TPSA) is 101 Å². The van der Waals surface area contributed by atoms with E-state index in [0.29, 0.717) is 30.8 Å². The van der Waals surface area contributed by atoms with E-state index in [0.717, 1.165) is 29.0 Å². The molecule has 1 unspecified atom stereocenters. The summed E-state index contributed by atoms with van der Waals surface area (Å²) in [5, 5.41) is 2.57. The number of alkyl halides is 3. The predicted octanol–water partition coefficient (Wildman–Crippen LogP) is 4.29. The molecule has 0 spiro atoms. The molecule has 182 valence electrons. The van der Waals surface area contributed by atoms with Crippen molar-refractivity contribution in [2.24, 2.45) is 0 Å². The Morgan fingerprint density at radius 2 is 1.91 bits per heavy atom. The van der Waals surface area contributed by atoms with Gasteiger partial charge in [0.1, 0.15) is 5.82 Å². The number of aromatic nitrogens is 2. The molecule has 1 aliphatic rings. The van der Waals surface area contributed by atoms with Crippen LogP contribution in [0.1, 0.15) is 47.3 Å². The number of amides is 2. The molecule has 1 aliphatic carbocycles. The molecule has 4 rings (SSSR count). The SMILES string of the molecule is CCc1cc(NC(=O)C(=O)N(Cc2ccc(C(F)(F)F)cn2)C2CCc3ccccc32)cnc1N. The molecule has 0 saturated carbocycles. The maximum absolute atomic E-state index is 13.4. The van der Waals surface area contributed by atoms with Crippen LogP contribution in [0.5, 0.6) is 0 Å². The highest BCUT2D eigenvalue weighted by molar-refractivity contribution is 6.39. The van der Waals surface area contributed by atoms with Crippen LogP contribution >= 0.6 is 0 Å². The molecule has 0 bridgehead atoms. The molecule has 0 saturated heterocycles. The fourth-order valence-electron chi connectivity index (χ4n) is 4.23. The Kier molecular flexibility index (Phi) is 6.72. The van der Waals surface area contributed by atoms with Gasteiger partial charge in [0.15, 0.2) is 0 Å². The average molecular weight is 483 g/mol. The van der Waals surface area contributed by atoms with Crippen LogP contribution in [0.4, 0.5) is 24.7 Å². The summed E-state index contributed by atoms with van der Waals surface area (Å²) < 4.78 is 38.8. The van der Waals surface area contributed by atoms with E-state index in [2.05, 4.69) is 15.3 Å². The van der Waals surface area contributed by atoms with Crippen molar-refractivity contribution in [3.05, 3.63) is 82.8 Å². The number of carbonyl (C=O) groups is 2. The Hall–Kier alpha value is -3.95. The molecule has 3 aromatic rings. The van der Waals surface area contributed by atoms with Gasteiger partial charge in [-0.2, -0.15) is 13.2 Å². The predicted molar refractivity (Wildman–Crippen MR) is 124 cm³/mol. The Balaban J connectivity index is 1.61. The van der Waals surface area contributed by atoms with E-state index in [1.54, 1.807) is 6.07 Å². The first-order valence-corrected chi connectivity index (χ1v) is 11.1. The van der Waals surface area contributed by atoms with Crippen molar-refractivity contribution in [3.8, 4) is 0 Å². The first kappa shape index (κ1) is 24.2. The van der Waals surface area contributed by atoms with Gasteiger partial charge in [-0.15, -0.1) is 0 Å². The second-order valence-electron chi connectivity index (χ2n) is 8.30. The maximum atomic E-state index is 13.4. The standard InChI is InChI=1S/C25H24F3N5O2/c1-2-15-11-19(13-31-22(15)29)32-23(34)24(35)33(21-10-7-16-5-3-4-6-20(16)21)14-18-9-8-17(12-30-18)25(26,27)28/h3-6,8-9,11-13,21H,2,7,10,14H2,1H3,(H2,29,31)(H,32,34). The van der Waals surface area contributed by atoms with E-state index in [1.165, 1.54) is 17.2 Å². The summed E-state index contributed by atoms with van der Waals surface area (Å²) >= 11 is 0. The lowest BCUT2D eigenvalue weighted by molar-refractivity contribution is -0.145. The van der Waals surface area contributed by atoms with Crippen molar-refractivity contribution in [2.75, 3.05) is 11.1 Å². The number of anilines is 2. The van der Waals surface area contributed by atoms with E-state index < -0.39 is 29.6 Å². The monoisotopic (exact) mass is 483 g/mol. The van der Waals surface area contributed by atoms with Gasteiger partial charge in [-0.1, -0.05) is 31.2 Å². The highest BCUT2D eigenvalue weighted by atomic mass is 19.4. The molecule has 0 aliphatic heterocycles. The normalized spacial score (nSPS) is 14.9. The number of nitrogens with two attached hydrogens (primary N) is 1. The van der Waals surface area contributed by atoms with Crippen molar-refractivity contribution in [1.29, 1.82) is 0 Å². The largest absolute Gasteiger partial charge is 0.417 e. The number of nitrogen functional groups attached to an aromatic ring is 1. The highest BCUT2D eigenvalue weighted by Gasteiger charge is 2.35. The van der Waals surface area contributed by atoms with Crippen LogP contribution in [0.2, 0.25) is 0 Å². The van der Waals surface area contributed by atoms with Crippen LogP contribution in [0.15, 0.2) is 54.9 Å². The number of nitrogens with one attached hydrogen (secondary N) is 1. The lowest BCUT2D eigenvalue weighted by Crippen LogP contribution is -2.41. The minimum absolute atomic E-state index is 0.121. The third kappa shape index (κ3) is 5.26. The van der Waals surface area contributed by atoms with Crippen molar-refractivity contribution >= 4 is 23.3 Å². The maximum Gasteiger partial charge on any atom is 0.417 e. The first-order valence-electron chi connectivity index (χ1n) is 11.1. The molecule has 2 amide bonds. The van der Waals surface area contributed by atoms with Gasteiger partial charge < -0.3 is 16.0 Å². The van der Waals surface area contributed by atoms with Gasteiger partial charge in [0.05, 0.1) is 35.7 Å². The third-order valence-corrected chi connectivity index (χ3v) is 6.06. The third-order valence-electron chi connectivity index (χ3n) is 6.06. The summed E-state index contributed by atoms with van der Waals surface area (Å²) in [4.78, 5) is 35.6. The number of fused-ring (bicyclic) bond motifs is 1. The lowest BCUT2D eigenvalue weighted by atomic mass is 10.1. The Morgan fingerprint density at radius 1 is 1.14 bits per heavy atom. The van der Waals surface area contributed by atoms with Gasteiger partial charge in [-0.3, -0.25) is 14.6 Å². The van der Waals surface area contributed by atoms with Gasteiger partial charge in [-0.05, 0) is 54.2 Å². The molecular formula is C25H24F3N5O2. The van der Waals surface area contributed by atoms with Gasteiger partial charge in [0.2, 0.25) is 0 Å². The number of nitrogens with zero attached hydrogens (tertiary/aromatic N) is 3. The van der Waals surface area contributed by atoms with Crippen molar-refractivity contribution in [1.82, 2.24) is 14.9 Å². The summed E-state index contributed by atoms with van der Waals surface area (Å²) in [5.74, 6) is -1.35. The minimum atomic E-state index is -4.52. The van der Waals surface area contributed by atoms with E-state index in [-0.39, 0.29) is 12.2 Å². The number of aryl methyl sites for hydroxylation is 2. The number of carbonyl (C=O) groups excluding carboxylic acids is 2. The molecule has 1 aromatic carbocycles. The van der Waals surface area contributed by atoms with Crippen molar-refractivity contribution in [2.45, 2.75) is 44.9 Å². The zero-order valence-corrected chi connectivity index (χ0v) is 19.0. The molecule has 10 heteroatoms. The quantitative estimate of drug-likeness (QED) is 0.527. The molecule has 2 heterocycles. The first-order chi connectivity index (χ1) is 16.7. The fourth-order valence-corrected chi connectivity index (χ4v) is 4.23. The van der Waals surface area contributed by atoms with Gasteiger partial charge >= 0.3 is 18.0 Å². The Labute approximate surface area is 200 Å². The molecule has 2 aromatic heterocycles. The lowest BCUT2D eigenvalue weighted by Gasteiger charge is -2.29. The Bertz CT molecular complexity index is 1240. The zero-order valence-electron chi connectivity index (χ0n) is 19.0. The van der Waals surface area contributed by atoms with Gasteiger partial charge in [0, 0.05) is 6.20 Å². The van der Waals surface area contributed by atoms with Crippen LogP contribution in [0.3, 0.4) is 0 Å². The number of benzene rings is 1. The van der Waals surface area contributed by atoms with E-state index in [4.69, 9.17) is 5.73 Å². The van der Waals surface area contributed by atoms with Gasteiger partial charge in [-0.25, -0.2) is 4.98 Å². The van der Waals surface area contributed by atoms with Crippen molar-refractivity contribution < 1.29 is 22.8 Å². The highest BCUT2D eigenvalue weighted by Crippen LogP contribution is 2.37. The Morgan fingerprint density at radius 3 is 2.60 bits per heavy atom. The summed E-state index contributed by atoms with van der Waals surface area (Å²) in [5.41, 5.74) is 8.19. The van der Waals surface area contributed by atoms with Crippen LogP contribution in [0, 0.1) is 0 Å². The number of pyridine rings is 2. The van der Waals surface area contributed by atoms with E-state index in [9.17, 15) is 22.8 Å². The van der Waals surface area contributed by atoms with Crippen LogP contribution in [0.25, 0.3) is 0 Å². The number of rotatable bonds is 5. The second-order valence-corrected chi connectivity index (χ2v) is 8.30. The smallest absolute Gasteiger partial charge is 0.383 e. The van der Waals surface area contributed by atoms with Crippen molar-refractivity contribution in [3.63, 3.8) is 0 Å². The van der Waals surface area contributed by atoms with Gasteiger partial charge in [0.25, 0.3) is 0 Å². The zero-order chi connectivity index (χ0) is 25.2. The molecule has 7 nitrogen and oxygen atoms in total. The fraction of sp³-hybridized carbons (Fsp3) is 0.280. The molecule has 3 N–H and O–H groups in total. The second kappa shape index (κ2) is 9.73. The summed E-state index contributed by atoms with van der Waals surface area (Å²) in [6.45, 7) is 1.77. The summed E-state index contributed by atoms with van der Waals surface area (Å²) in [6, 6.07) is 11.0. The number of halogens is 3. The van der Waals surface area contributed by atoms with Crippen LogP contribution < -0.4 is 11.1 Å². The molecular weight excluding hydrogens is 459 g/mol. The summed E-state index contributed by atoms with van der Waals surface area (Å²) in [7, 11) is 0. The van der Waals surface area contributed by atoms with E-state index in [1.807, 2.05) is 31.2 Å². The van der Waals surface area contributed by atoms with Crippen LogP contribution in [-0.4, -0.2) is 26.7 Å². The molecule has 0 radical (unpaired) electrons. The van der Waals surface area contributed by atoms with Crippen LogP contribution in [-0.2, 0) is 35.2 Å².